The molecule has 1 aromatic heterocycles. The van der Waals surface area contributed by atoms with Gasteiger partial charge in [0.1, 0.15) is 0 Å². The van der Waals surface area contributed by atoms with Crippen molar-refractivity contribution in [3.8, 4) is 0 Å². The highest BCUT2D eigenvalue weighted by atomic mass is 19.4. The Morgan fingerprint density at radius 3 is 2.43 bits per heavy atom. The molecule has 0 aromatic carbocycles. The Hall–Kier alpha value is -1.26. The molecule has 0 aliphatic rings. The van der Waals surface area contributed by atoms with Gasteiger partial charge in [0.2, 0.25) is 0 Å². The normalized spacial score (nSPS) is 11.8. The maximum absolute atomic E-state index is 12.4. The van der Waals surface area contributed by atoms with Gasteiger partial charge in [-0.2, -0.15) is 13.2 Å². The molecule has 0 unspecified atom stereocenters. The highest BCUT2D eigenvalue weighted by Crippen LogP contribution is 2.32. The lowest BCUT2D eigenvalue weighted by atomic mass is 10.1. The van der Waals surface area contributed by atoms with E-state index in [0.717, 1.165) is 6.07 Å². The van der Waals surface area contributed by atoms with Crippen LogP contribution in [0.3, 0.4) is 0 Å². The molecule has 78 valence electrons. The second-order valence-electron chi connectivity index (χ2n) is 3.01. The monoisotopic (exact) mass is 204 g/mol. The van der Waals surface area contributed by atoms with Gasteiger partial charge in [0.25, 0.3) is 0 Å². The first-order valence-corrected chi connectivity index (χ1v) is 4.19. The van der Waals surface area contributed by atoms with Crippen molar-refractivity contribution in [2.45, 2.75) is 26.4 Å². The zero-order chi connectivity index (χ0) is 10.9. The third-order valence-corrected chi connectivity index (χ3v) is 1.97. The number of anilines is 1. The number of nitrogens with two attached hydrogens (primary N) is 1. The largest absolute Gasteiger partial charge is 0.418 e. The zero-order valence-corrected chi connectivity index (χ0v) is 7.94. The fourth-order valence-corrected chi connectivity index (χ4v) is 1.24. The lowest BCUT2D eigenvalue weighted by Gasteiger charge is -2.12. The first kappa shape index (κ1) is 10.8. The highest BCUT2D eigenvalue weighted by Gasteiger charge is 2.33. The minimum absolute atomic E-state index is 0.0245. The Bertz CT molecular complexity index is 345. The summed E-state index contributed by atoms with van der Waals surface area (Å²) in [5.74, 6) is 0. The third-order valence-electron chi connectivity index (χ3n) is 1.97. The highest BCUT2D eigenvalue weighted by molar-refractivity contribution is 5.47. The first-order chi connectivity index (χ1) is 6.36. The van der Waals surface area contributed by atoms with Crippen molar-refractivity contribution in [3.05, 3.63) is 23.0 Å². The minimum atomic E-state index is -4.38. The summed E-state index contributed by atoms with van der Waals surface area (Å²) in [6.07, 6.45) is -3.84. The molecule has 5 heteroatoms. The molecule has 1 rings (SSSR count). The second-order valence-corrected chi connectivity index (χ2v) is 3.01. The predicted octanol–water partition coefficient (Wildman–Crippen LogP) is 2.55. The number of aromatic nitrogens is 1. The van der Waals surface area contributed by atoms with Crippen LogP contribution in [0, 0.1) is 6.92 Å². The van der Waals surface area contributed by atoms with Crippen LogP contribution < -0.4 is 5.73 Å². The zero-order valence-electron chi connectivity index (χ0n) is 7.94. The van der Waals surface area contributed by atoms with E-state index in [1.165, 1.54) is 6.92 Å². The Morgan fingerprint density at radius 1 is 1.43 bits per heavy atom. The number of hydrogen-bond donors (Lipinski definition) is 1. The number of nitrogens with zero attached hydrogens (tertiary/aromatic N) is 1. The molecule has 0 aliphatic heterocycles. The summed E-state index contributed by atoms with van der Waals surface area (Å²) in [6, 6.07) is 0.946. The van der Waals surface area contributed by atoms with E-state index in [-0.39, 0.29) is 11.4 Å². The van der Waals surface area contributed by atoms with Gasteiger partial charge in [-0.15, -0.1) is 0 Å². The molecule has 0 radical (unpaired) electrons. The van der Waals surface area contributed by atoms with Crippen molar-refractivity contribution >= 4 is 5.69 Å². The predicted molar refractivity (Wildman–Crippen MR) is 47.8 cm³/mol. The third kappa shape index (κ3) is 1.97. The summed E-state index contributed by atoms with van der Waals surface area (Å²) in [6.45, 7) is 3.13. The maximum atomic E-state index is 12.4. The average molecular weight is 204 g/mol. The molecule has 0 fully saturated rings. The van der Waals surface area contributed by atoms with Crippen LogP contribution in [0.15, 0.2) is 6.07 Å². The topological polar surface area (TPSA) is 38.9 Å². The van der Waals surface area contributed by atoms with E-state index in [1.807, 2.05) is 0 Å². The van der Waals surface area contributed by atoms with Crippen molar-refractivity contribution in [2.24, 2.45) is 0 Å². The summed E-state index contributed by atoms with van der Waals surface area (Å²) in [5, 5.41) is 0. The summed E-state index contributed by atoms with van der Waals surface area (Å²) in [5.41, 5.74) is 5.27. The SMILES string of the molecule is CCc1nc(C)c(C(F)(F)F)cc1N. The Labute approximate surface area is 79.9 Å². The van der Waals surface area contributed by atoms with E-state index in [0.29, 0.717) is 12.1 Å². The van der Waals surface area contributed by atoms with Gasteiger partial charge in [0.15, 0.2) is 0 Å². The standard InChI is InChI=1S/C9H11F3N2/c1-3-8-7(13)4-6(5(2)14-8)9(10,11)12/h4H,3,13H2,1-2H3. The molecule has 0 spiro atoms. The van der Waals surface area contributed by atoms with Crippen molar-refractivity contribution in [2.75, 3.05) is 5.73 Å². The quantitative estimate of drug-likeness (QED) is 0.763. The average Bonchev–Trinajstić information content (AvgIpc) is 2.06. The van der Waals surface area contributed by atoms with Gasteiger partial charge in [0.05, 0.1) is 16.9 Å². The van der Waals surface area contributed by atoms with Gasteiger partial charge < -0.3 is 5.73 Å². The fourth-order valence-electron chi connectivity index (χ4n) is 1.24. The number of halogens is 3. The molecule has 0 aliphatic carbocycles. The van der Waals surface area contributed by atoms with Crippen LogP contribution in [0.1, 0.15) is 23.9 Å². The first-order valence-electron chi connectivity index (χ1n) is 4.19. The van der Waals surface area contributed by atoms with Crippen LogP contribution in [-0.2, 0) is 12.6 Å². The number of hydrogen-bond acceptors (Lipinski definition) is 2. The van der Waals surface area contributed by atoms with Gasteiger partial charge in [-0.3, -0.25) is 4.98 Å². The molecule has 0 bridgehead atoms. The minimum Gasteiger partial charge on any atom is -0.397 e. The van der Waals surface area contributed by atoms with Gasteiger partial charge >= 0.3 is 6.18 Å². The molecular weight excluding hydrogens is 193 g/mol. The van der Waals surface area contributed by atoms with E-state index in [4.69, 9.17) is 5.73 Å². The summed E-state index contributed by atoms with van der Waals surface area (Å²) < 4.78 is 37.1. The molecule has 2 N–H and O–H groups in total. The molecule has 0 amide bonds. The van der Waals surface area contributed by atoms with Crippen LogP contribution >= 0.6 is 0 Å². The van der Waals surface area contributed by atoms with E-state index < -0.39 is 11.7 Å². The van der Waals surface area contributed by atoms with E-state index in [1.54, 1.807) is 6.92 Å². The molecule has 14 heavy (non-hydrogen) atoms. The van der Waals surface area contributed by atoms with Gasteiger partial charge in [-0.1, -0.05) is 6.92 Å². The van der Waals surface area contributed by atoms with E-state index in [9.17, 15) is 13.2 Å². The Balaban J connectivity index is 3.29. The maximum Gasteiger partial charge on any atom is 0.418 e. The smallest absolute Gasteiger partial charge is 0.397 e. The van der Waals surface area contributed by atoms with Crippen molar-refractivity contribution in [1.82, 2.24) is 4.98 Å². The molecule has 0 saturated carbocycles. The fraction of sp³-hybridized carbons (Fsp3) is 0.444. The van der Waals surface area contributed by atoms with E-state index >= 15 is 0 Å². The number of alkyl halides is 3. The van der Waals surface area contributed by atoms with Crippen LogP contribution in [0.2, 0.25) is 0 Å². The molecule has 1 aromatic rings. The molecular formula is C9H11F3N2. The summed E-state index contributed by atoms with van der Waals surface area (Å²) in [4.78, 5) is 3.81. The number of rotatable bonds is 1. The van der Waals surface area contributed by atoms with Crippen LogP contribution in [-0.4, -0.2) is 4.98 Å². The molecule has 1 heterocycles. The van der Waals surface area contributed by atoms with Crippen LogP contribution in [0.25, 0.3) is 0 Å². The lowest BCUT2D eigenvalue weighted by molar-refractivity contribution is -0.138. The summed E-state index contributed by atoms with van der Waals surface area (Å²) in [7, 11) is 0. The Kier molecular flexibility index (Phi) is 2.69. The second kappa shape index (κ2) is 3.48. The van der Waals surface area contributed by atoms with Crippen LogP contribution in [0.4, 0.5) is 18.9 Å². The van der Waals surface area contributed by atoms with Crippen molar-refractivity contribution in [3.63, 3.8) is 0 Å². The Morgan fingerprint density at radius 2 is 2.00 bits per heavy atom. The molecule has 0 saturated heterocycles. The van der Waals surface area contributed by atoms with Crippen molar-refractivity contribution in [1.29, 1.82) is 0 Å². The lowest BCUT2D eigenvalue weighted by Crippen LogP contribution is -2.11. The number of aryl methyl sites for hydroxylation is 2. The van der Waals surface area contributed by atoms with Gasteiger partial charge in [-0.25, -0.2) is 0 Å². The molecule has 2 nitrogen and oxygen atoms in total. The number of pyridine rings is 1. The van der Waals surface area contributed by atoms with Gasteiger partial charge in [-0.05, 0) is 19.4 Å². The summed E-state index contributed by atoms with van der Waals surface area (Å²) >= 11 is 0. The molecule has 0 atom stereocenters. The van der Waals surface area contributed by atoms with E-state index in [2.05, 4.69) is 4.98 Å². The van der Waals surface area contributed by atoms with Crippen LogP contribution in [0.5, 0.6) is 0 Å². The van der Waals surface area contributed by atoms with Crippen molar-refractivity contribution < 1.29 is 13.2 Å². The van der Waals surface area contributed by atoms with Gasteiger partial charge in [0, 0.05) is 5.69 Å². The number of nitrogen functional groups attached to an aromatic ring is 1.